The lowest BCUT2D eigenvalue weighted by Crippen LogP contribution is -2.49. The first-order valence-electron chi connectivity index (χ1n) is 10.9. The number of hydrogen-bond donors (Lipinski definition) is 0. The van der Waals surface area contributed by atoms with Gasteiger partial charge in [0.2, 0.25) is 5.91 Å². The second kappa shape index (κ2) is 10.0. The molecular formula is C24H28N4O2S. The molecule has 0 atom stereocenters. The molecule has 31 heavy (non-hydrogen) atoms. The highest BCUT2D eigenvalue weighted by Crippen LogP contribution is 2.20. The Morgan fingerprint density at radius 3 is 2.45 bits per heavy atom. The molecule has 2 aromatic carbocycles. The first-order chi connectivity index (χ1) is 15.2. The Bertz CT molecular complexity index is 1090. The summed E-state index contributed by atoms with van der Waals surface area (Å²) in [5.74, 6) is 0.393. The molecule has 162 valence electrons. The van der Waals surface area contributed by atoms with E-state index in [0.29, 0.717) is 41.4 Å². The van der Waals surface area contributed by atoms with Gasteiger partial charge < -0.3 is 9.80 Å². The predicted molar refractivity (Wildman–Crippen MR) is 127 cm³/mol. The molecule has 4 rings (SSSR count). The fourth-order valence-corrected chi connectivity index (χ4v) is 4.77. The van der Waals surface area contributed by atoms with Crippen LogP contribution in [0.3, 0.4) is 0 Å². The average Bonchev–Trinajstić information content (AvgIpc) is 2.83. The molecule has 0 bridgehead atoms. The summed E-state index contributed by atoms with van der Waals surface area (Å²) in [6, 6.07) is 17.7. The Morgan fingerprint density at radius 1 is 1.00 bits per heavy atom. The van der Waals surface area contributed by atoms with Crippen LogP contribution in [0, 0.1) is 0 Å². The van der Waals surface area contributed by atoms with Gasteiger partial charge in [-0.1, -0.05) is 55.4 Å². The van der Waals surface area contributed by atoms with E-state index in [-0.39, 0.29) is 11.5 Å². The van der Waals surface area contributed by atoms with Crippen LogP contribution < -0.4 is 10.5 Å². The Morgan fingerprint density at radius 2 is 1.71 bits per heavy atom. The highest BCUT2D eigenvalue weighted by Gasteiger charge is 2.22. The van der Waals surface area contributed by atoms with Crippen LogP contribution in [0.1, 0.15) is 19.8 Å². The molecule has 6 nitrogen and oxygen atoms in total. The maximum Gasteiger partial charge on any atom is 0.262 e. The van der Waals surface area contributed by atoms with E-state index >= 15 is 0 Å². The molecule has 1 aliphatic heterocycles. The smallest absolute Gasteiger partial charge is 0.262 e. The van der Waals surface area contributed by atoms with E-state index in [2.05, 4.69) is 24.0 Å². The number of nitrogens with zero attached hydrogens (tertiary/aromatic N) is 4. The van der Waals surface area contributed by atoms with Crippen LogP contribution >= 0.6 is 11.8 Å². The molecule has 1 aliphatic rings. The number of thioether (sulfide) groups is 1. The molecule has 0 saturated carbocycles. The fourth-order valence-electron chi connectivity index (χ4n) is 3.84. The first kappa shape index (κ1) is 21.4. The van der Waals surface area contributed by atoms with Crippen LogP contribution in [-0.2, 0) is 11.3 Å². The standard InChI is InChI=1S/C24H28N4O2S/c1-2-3-13-28-23(30)20-11-7-8-12-21(20)25-24(28)31-18-22(29)27-16-14-26(15-17-27)19-9-5-4-6-10-19/h4-12H,2-3,13-18H2,1H3. The number of piperazine rings is 1. The summed E-state index contributed by atoms with van der Waals surface area (Å²) in [5, 5.41) is 1.26. The van der Waals surface area contributed by atoms with E-state index in [4.69, 9.17) is 4.98 Å². The van der Waals surface area contributed by atoms with E-state index in [9.17, 15) is 9.59 Å². The third-order valence-corrected chi connectivity index (χ3v) is 6.60. The van der Waals surface area contributed by atoms with Crippen molar-refractivity contribution in [1.29, 1.82) is 0 Å². The van der Waals surface area contributed by atoms with Gasteiger partial charge in [-0.2, -0.15) is 0 Å². The molecule has 7 heteroatoms. The molecule has 0 N–H and O–H groups in total. The molecule has 1 saturated heterocycles. The van der Waals surface area contributed by atoms with Gasteiger partial charge in [-0.25, -0.2) is 4.98 Å². The van der Waals surface area contributed by atoms with Gasteiger partial charge in [0.1, 0.15) is 0 Å². The second-order valence-corrected chi connectivity index (χ2v) is 8.66. The van der Waals surface area contributed by atoms with Gasteiger partial charge in [0.05, 0.1) is 16.7 Å². The molecule has 0 aliphatic carbocycles. The molecule has 0 spiro atoms. The van der Waals surface area contributed by atoms with Crippen LogP contribution in [0.5, 0.6) is 0 Å². The highest BCUT2D eigenvalue weighted by atomic mass is 32.2. The van der Waals surface area contributed by atoms with Gasteiger partial charge in [-0.15, -0.1) is 0 Å². The van der Waals surface area contributed by atoms with E-state index in [1.807, 2.05) is 47.4 Å². The zero-order valence-electron chi connectivity index (χ0n) is 17.9. The molecule has 2 heterocycles. The van der Waals surface area contributed by atoms with Crippen molar-refractivity contribution in [1.82, 2.24) is 14.5 Å². The molecule has 0 unspecified atom stereocenters. The van der Waals surface area contributed by atoms with Crippen molar-refractivity contribution in [2.45, 2.75) is 31.5 Å². The third kappa shape index (κ3) is 4.93. The Hall–Kier alpha value is -2.80. The SMILES string of the molecule is CCCCn1c(SCC(=O)N2CCN(c3ccccc3)CC2)nc2ccccc2c1=O. The van der Waals surface area contributed by atoms with Gasteiger partial charge in [0, 0.05) is 38.4 Å². The van der Waals surface area contributed by atoms with E-state index in [1.54, 1.807) is 4.57 Å². The maximum atomic E-state index is 13.0. The maximum absolute atomic E-state index is 13.0. The normalized spacial score (nSPS) is 14.2. The fraction of sp³-hybridized carbons (Fsp3) is 0.375. The summed E-state index contributed by atoms with van der Waals surface area (Å²) in [6.07, 6.45) is 1.90. The van der Waals surface area contributed by atoms with Crippen molar-refractivity contribution >= 4 is 34.3 Å². The number of hydrogen-bond acceptors (Lipinski definition) is 5. The van der Waals surface area contributed by atoms with Crippen LogP contribution in [0.2, 0.25) is 0 Å². The topological polar surface area (TPSA) is 58.4 Å². The quantitative estimate of drug-likeness (QED) is 0.418. The van der Waals surface area contributed by atoms with E-state index < -0.39 is 0 Å². The number of aromatic nitrogens is 2. The number of anilines is 1. The first-order valence-corrected chi connectivity index (χ1v) is 11.9. The van der Waals surface area contributed by atoms with Crippen molar-refractivity contribution in [2.75, 3.05) is 36.8 Å². The number of carbonyl (C=O) groups excluding carboxylic acids is 1. The number of unbranched alkanes of at least 4 members (excludes halogenated alkanes) is 1. The summed E-state index contributed by atoms with van der Waals surface area (Å²) in [5.41, 5.74) is 1.86. The zero-order valence-corrected chi connectivity index (χ0v) is 18.7. The Balaban J connectivity index is 1.43. The van der Waals surface area contributed by atoms with Crippen LogP contribution in [-0.4, -0.2) is 52.3 Å². The predicted octanol–water partition coefficient (Wildman–Crippen LogP) is 3.64. The largest absolute Gasteiger partial charge is 0.368 e. The molecule has 3 aromatic rings. The lowest BCUT2D eigenvalue weighted by Gasteiger charge is -2.36. The van der Waals surface area contributed by atoms with Crippen LogP contribution in [0.4, 0.5) is 5.69 Å². The number of benzene rings is 2. The molecule has 0 radical (unpaired) electrons. The van der Waals surface area contributed by atoms with Crippen molar-refractivity contribution in [3.05, 3.63) is 65.0 Å². The highest BCUT2D eigenvalue weighted by molar-refractivity contribution is 7.99. The molecule has 1 fully saturated rings. The van der Waals surface area contributed by atoms with E-state index in [0.717, 1.165) is 25.9 Å². The minimum atomic E-state index is -0.0227. The van der Waals surface area contributed by atoms with Crippen LogP contribution in [0.15, 0.2) is 64.5 Å². The molecular weight excluding hydrogens is 408 g/mol. The van der Waals surface area contributed by atoms with E-state index in [1.165, 1.54) is 17.4 Å². The summed E-state index contributed by atoms with van der Waals surface area (Å²) in [6.45, 7) is 5.81. The zero-order chi connectivity index (χ0) is 21.6. The van der Waals surface area contributed by atoms with Gasteiger partial charge in [0.25, 0.3) is 5.56 Å². The third-order valence-electron chi connectivity index (χ3n) is 5.64. The lowest BCUT2D eigenvalue weighted by atomic mass is 10.2. The molecule has 1 aromatic heterocycles. The van der Waals surface area contributed by atoms with Gasteiger partial charge in [-0.3, -0.25) is 14.2 Å². The number of carbonyl (C=O) groups is 1. The van der Waals surface area contributed by atoms with Crippen molar-refractivity contribution < 1.29 is 4.79 Å². The summed E-state index contributed by atoms with van der Waals surface area (Å²) in [4.78, 5) is 34.8. The lowest BCUT2D eigenvalue weighted by molar-refractivity contribution is -0.128. The second-order valence-electron chi connectivity index (χ2n) is 7.71. The van der Waals surface area contributed by atoms with Crippen molar-refractivity contribution in [2.24, 2.45) is 0 Å². The van der Waals surface area contributed by atoms with Gasteiger partial charge in [-0.05, 0) is 30.7 Å². The Kier molecular flexibility index (Phi) is 6.92. The molecule has 1 amide bonds. The monoisotopic (exact) mass is 436 g/mol. The minimum Gasteiger partial charge on any atom is -0.368 e. The van der Waals surface area contributed by atoms with Crippen LogP contribution in [0.25, 0.3) is 10.9 Å². The average molecular weight is 437 g/mol. The van der Waals surface area contributed by atoms with Crippen molar-refractivity contribution in [3.8, 4) is 0 Å². The number of amides is 1. The number of para-hydroxylation sites is 2. The number of rotatable bonds is 7. The van der Waals surface area contributed by atoms with Crippen molar-refractivity contribution in [3.63, 3.8) is 0 Å². The Labute approximate surface area is 186 Å². The minimum absolute atomic E-state index is 0.0227. The summed E-state index contributed by atoms with van der Waals surface area (Å²) < 4.78 is 1.73. The van der Waals surface area contributed by atoms with Gasteiger partial charge >= 0.3 is 0 Å². The summed E-state index contributed by atoms with van der Waals surface area (Å²) >= 11 is 1.37. The summed E-state index contributed by atoms with van der Waals surface area (Å²) in [7, 11) is 0. The number of fused-ring (bicyclic) bond motifs is 1. The van der Waals surface area contributed by atoms with Gasteiger partial charge in [0.15, 0.2) is 5.16 Å².